The zero-order chi connectivity index (χ0) is 25.2. The van der Waals surface area contributed by atoms with Crippen molar-refractivity contribution < 1.29 is 42.3 Å². The van der Waals surface area contributed by atoms with Gasteiger partial charge in [-0.2, -0.15) is 9.29 Å². The first kappa shape index (κ1) is 24.4. The second-order valence-electron chi connectivity index (χ2n) is 8.33. The lowest BCUT2D eigenvalue weighted by Gasteiger charge is -2.36. The van der Waals surface area contributed by atoms with Crippen LogP contribution in [0.2, 0.25) is 0 Å². The van der Waals surface area contributed by atoms with Crippen LogP contribution in [-0.4, -0.2) is 85.7 Å². The van der Waals surface area contributed by atoms with Gasteiger partial charge < -0.3 is 39.9 Å². The van der Waals surface area contributed by atoms with Gasteiger partial charge in [-0.25, -0.2) is 18.5 Å². The molecule has 3 aliphatic heterocycles. The minimum Gasteiger partial charge on any atom is -0.396 e. The third-order valence-electron chi connectivity index (χ3n) is 6.11. The Morgan fingerprint density at radius 2 is 2.17 bits per heavy atom. The lowest BCUT2D eigenvalue weighted by Crippen LogP contribution is -2.50. The number of nitrogens with zero attached hydrogens (tertiary/aromatic N) is 5. The lowest BCUT2D eigenvalue weighted by atomic mass is 9.90. The second kappa shape index (κ2) is 8.37. The summed E-state index contributed by atoms with van der Waals surface area (Å²) in [6.45, 7) is -0.936. The molecule has 2 saturated heterocycles. The van der Waals surface area contributed by atoms with Gasteiger partial charge in [-0.3, -0.25) is 14.3 Å². The maximum Gasteiger partial charge on any atom is 0.480 e. The molecule has 17 nitrogen and oxygen atoms in total. The van der Waals surface area contributed by atoms with Crippen LogP contribution < -0.4 is 21.1 Å². The van der Waals surface area contributed by atoms with E-state index in [0.29, 0.717) is 4.34 Å². The molecule has 0 aromatic carbocycles. The quantitative estimate of drug-likeness (QED) is 0.246. The lowest BCUT2D eigenvalue weighted by molar-refractivity contribution is -0.157. The first-order valence-electron chi connectivity index (χ1n) is 10.2. The average molecular weight is 535 g/mol. The number of H-pyrrole nitrogens is 1. The fourth-order valence-corrected chi connectivity index (χ4v) is 6.94. The molecule has 2 aromatic rings. The summed E-state index contributed by atoms with van der Waals surface area (Å²) in [5.41, 5.74) is 4.14. The van der Waals surface area contributed by atoms with Crippen LogP contribution in [0.25, 0.3) is 0 Å². The molecule has 5 heterocycles. The highest BCUT2D eigenvalue weighted by molar-refractivity contribution is 7.63. The number of aromatic amines is 1. The Hall–Kier alpha value is -2.33. The van der Waals surface area contributed by atoms with E-state index in [1.54, 1.807) is 16.8 Å². The van der Waals surface area contributed by atoms with Crippen molar-refractivity contribution in [2.75, 3.05) is 49.1 Å². The number of aliphatic hydroxyl groups is 1. The molecule has 4 unspecified atom stereocenters. The zero-order valence-corrected chi connectivity index (χ0v) is 20.0. The molecule has 0 radical (unpaired) electrons. The normalized spacial score (nSPS) is 30.9. The van der Waals surface area contributed by atoms with E-state index in [4.69, 9.17) is 19.7 Å². The fraction of sp³-hybridized carbons (Fsp3) is 0.562. The van der Waals surface area contributed by atoms with Gasteiger partial charge in [0.2, 0.25) is 5.95 Å². The summed E-state index contributed by atoms with van der Waals surface area (Å²) in [6, 6.07) is 0. The number of phosphoric ester groups is 1. The molecule has 192 valence electrons. The largest absolute Gasteiger partial charge is 0.480 e. The topological polar surface area (TPSA) is 228 Å². The number of hydrogen-bond donors (Lipinski definition) is 5. The van der Waals surface area contributed by atoms with Gasteiger partial charge in [0.05, 0.1) is 26.5 Å². The number of aliphatic hydroxyl groups excluding tert-OH is 1. The summed E-state index contributed by atoms with van der Waals surface area (Å²) in [5.74, 6) is -0.546. The molecule has 2 bridgehead atoms. The predicted molar refractivity (Wildman–Crippen MR) is 117 cm³/mol. The van der Waals surface area contributed by atoms with Crippen LogP contribution >= 0.6 is 15.6 Å². The van der Waals surface area contributed by atoms with Crippen LogP contribution in [0.5, 0.6) is 0 Å². The number of anilines is 3. The standard InChI is InChI=1S/C16H23N7O10P2/c1-21-8-23(12-10(21)13(25)20-15(17)19-12)14-11-9(4-24)16(32-14,5-30-11)6-31-35(28,29)33-34(26,27)22-3-2-18-7-22/h2-3,7,9,11,14,24H,4-6,8H2,1H3,(H,26,27)(H,28,29)(H3,17,19,20,25)/t9?,11?,14-,16-/m1/s1. The number of nitrogens with one attached hydrogen (secondary N) is 1. The second-order valence-corrected chi connectivity index (χ2v) is 11.6. The molecular weight excluding hydrogens is 512 g/mol. The summed E-state index contributed by atoms with van der Waals surface area (Å²) in [6.07, 6.45) is 1.65. The highest BCUT2D eigenvalue weighted by Crippen LogP contribution is 2.61. The molecule has 0 spiro atoms. The molecule has 2 fully saturated rings. The minimum absolute atomic E-state index is 0.0976. The Morgan fingerprint density at radius 1 is 1.40 bits per heavy atom. The van der Waals surface area contributed by atoms with Gasteiger partial charge in [-0.15, -0.1) is 0 Å². The molecule has 0 aliphatic carbocycles. The number of hydrogen-bond acceptors (Lipinski definition) is 13. The molecule has 0 amide bonds. The van der Waals surface area contributed by atoms with E-state index in [1.807, 2.05) is 0 Å². The van der Waals surface area contributed by atoms with Gasteiger partial charge in [0.1, 0.15) is 23.7 Å². The third-order valence-corrected chi connectivity index (χ3v) is 9.06. The SMILES string of the molecule is CN1CN([C@@H]2O[C@@]3(COP(=O)(O)OP(=O)(O)n4ccnc4)COC2C3CO)c2nc(N)[nH]c(=O)c21. The number of ether oxygens (including phenoxy) is 2. The first-order chi connectivity index (χ1) is 16.5. The number of rotatable bonds is 8. The summed E-state index contributed by atoms with van der Waals surface area (Å²) in [7, 11) is -8.18. The van der Waals surface area contributed by atoms with E-state index in [0.717, 1.165) is 12.5 Å². The summed E-state index contributed by atoms with van der Waals surface area (Å²) in [5, 5.41) is 10.1. The number of fused-ring (bicyclic) bond motifs is 3. The van der Waals surface area contributed by atoms with Crippen LogP contribution in [0, 0.1) is 5.92 Å². The van der Waals surface area contributed by atoms with Crippen LogP contribution in [0.3, 0.4) is 0 Å². The van der Waals surface area contributed by atoms with Crippen molar-refractivity contribution in [3.8, 4) is 0 Å². The van der Waals surface area contributed by atoms with Crippen molar-refractivity contribution >= 4 is 33.0 Å². The number of imidazole rings is 1. The Kier molecular flexibility index (Phi) is 5.83. The number of nitrogen functional groups attached to an aromatic ring is 1. The molecule has 19 heteroatoms. The van der Waals surface area contributed by atoms with Gasteiger partial charge >= 0.3 is 15.6 Å². The van der Waals surface area contributed by atoms with Crippen molar-refractivity contribution in [2.45, 2.75) is 17.9 Å². The Morgan fingerprint density at radius 3 is 2.86 bits per heavy atom. The van der Waals surface area contributed by atoms with E-state index >= 15 is 0 Å². The van der Waals surface area contributed by atoms with E-state index in [9.17, 15) is 28.8 Å². The molecule has 0 saturated carbocycles. The van der Waals surface area contributed by atoms with Gasteiger partial charge in [0.15, 0.2) is 12.0 Å². The fourth-order valence-electron chi connectivity index (χ4n) is 4.54. The number of aromatic nitrogens is 4. The monoisotopic (exact) mass is 535 g/mol. The predicted octanol–water partition coefficient (Wildman–Crippen LogP) is -1.35. The maximum absolute atomic E-state index is 12.5. The Balaban J connectivity index is 1.36. The van der Waals surface area contributed by atoms with E-state index < -0.39 is 58.2 Å². The van der Waals surface area contributed by atoms with Crippen LogP contribution in [0.4, 0.5) is 17.5 Å². The van der Waals surface area contributed by atoms with Gasteiger partial charge in [0, 0.05) is 25.4 Å². The van der Waals surface area contributed by atoms with Crippen molar-refractivity contribution in [3.05, 3.63) is 29.1 Å². The molecule has 35 heavy (non-hydrogen) atoms. The van der Waals surface area contributed by atoms with Gasteiger partial charge in [-0.1, -0.05) is 0 Å². The Labute approximate surface area is 197 Å². The van der Waals surface area contributed by atoms with Crippen LogP contribution in [-0.2, 0) is 27.4 Å². The van der Waals surface area contributed by atoms with Crippen molar-refractivity contribution in [3.63, 3.8) is 0 Å². The zero-order valence-electron chi connectivity index (χ0n) is 18.2. The first-order valence-corrected chi connectivity index (χ1v) is 13.3. The smallest absolute Gasteiger partial charge is 0.396 e. The van der Waals surface area contributed by atoms with Gasteiger partial charge in [0.25, 0.3) is 5.56 Å². The van der Waals surface area contributed by atoms with E-state index in [1.165, 1.54) is 6.20 Å². The molecule has 2 aromatic heterocycles. The number of nitrogens with two attached hydrogens (primary N) is 1. The summed E-state index contributed by atoms with van der Waals surface area (Å²) >= 11 is 0. The summed E-state index contributed by atoms with van der Waals surface area (Å²) in [4.78, 5) is 45.9. The summed E-state index contributed by atoms with van der Waals surface area (Å²) < 4.78 is 46.9. The average Bonchev–Trinajstić information content (AvgIpc) is 3.54. The van der Waals surface area contributed by atoms with Gasteiger partial charge in [-0.05, 0) is 0 Å². The van der Waals surface area contributed by atoms with Crippen LogP contribution in [0.1, 0.15) is 0 Å². The molecule has 3 aliphatic rings. The molecular formula is C16H23N7O10P2. The van der Waals surface area contributed by atoms with E-state index in [-0.39, 0.29) is 30.7 Å². The van der Waals surface area contributed by atoms with Crippen molar-refractivity contribution in [1.82, 2.24) is 19.3 Å². The highest BCUT2D eigenvalue weighted by atomic mass is 31.3. The van der Waals surface area contributed by atoms with E-state index in [2.05, 4.69) is 19.3 Å². The Bertz CT molecular complexity index is 1270. The van der Waals surface area contributed by atoms with Crippen molar-refractivity contribution in [2.24, 2.45) is 5.92 Å². The highest BCUT2D eigenvalue weighted by Gasteiger charge is 2.64. The molecule has 6 N–H and O–H groups in total. The van der Waals surface area contributed by atoms with Crippen LogP contribution in [0.15, 0.2) is 23.5 Å². The molecule has 6 atom stereocenters. The minimum atomic E-state index is -5.08. The third kappa shape index (κ3) is 4.08. The van der Waals surface area contributed by atoms with Crippen molar-refractivity contribution in [1.29, 1.82) is 0 Å². The number of phosphoric acid groups is 1. The maximum atomic E-state index is 12.5. The molecule has 5 rings (SSSR count).